The zero-order valence-corrected chi connectivity index (χ0v) is 18.6. The Labute approximate surface area is 188 Å². The molecule has 0 aliphatic carbocycles. The van der Waals surface area contributed by atoms with E-state index in [1.54, 1.807) is 53.4 Å². The molecule has 2 N–H and O–H groups in total. The summed E-state index contributed by atoms with van der Waals surface area (Å²) in [5.41, 5.74) is 1.11. The highest BCUT2D eigenvalue weighted by Crippen LogP contribution is 2.23. The predicted octanol–water partition coefficient (Wildman–Crippen LogP) is 3.52. The Hall–Kier alpha value is -2.86. The molecule has 0 radical (unpaired) electrons. The third kappa shape index (κ3) is 6.07. The number of carbonyl (C=O) groups excluding carboxylic acids is 3. The Morgan fingerprint density at radius 2 is 1.52 bits per heavy atom. The monoisotopic (exact) mass is 441 g/mol. The molecule has 0 saturated carbocycles. The summed E-state index contributed by atoms with van der Waals surface area (Å²) in [7, 11) is 0. The first-order chi connectivity index (χ1) is 14.8. The lowest BCUT2D eigenvalue weighted by Gasteiger charge is -2.36. The van der Waals surface area contributed by atoms with Crippen LogP contribution in [0.2, 0.25) is 5.02 Å². The lowest BCUT2D eigenvalue weighted by Crippen LogP contribution is -2.54. The summed E-state index contributed by atoms with van der Waals surface area (Å²) in [6, 6.07) is 15.0. The van der Waals surface area contributed by atoms with E-state index in [9.17, 15) is 14.4 Å². The summed E-state index contributed by atoms with van der Waals surface area (Å²) in [5.74, 6) is -0.571. The van der Waals surface area contributed by atoms with Crippen LogP contribution in [-0.4, -0.2) is 47.8 Å². The van der Waals surface area contributed by atoms with E-state index in [-0.39, 0.29) is 29.7 Å². The third-order valence-corrected chi connectivity index (χ3v) is 5.68. The fourth-order valence-corrected chi connectivity index (χ4v) is 3.92. The molecule has 1 heterocycles. The topological polar surface area (TPSA) is 78.5 Å². The predicted molar refractivity (Wildman–Crippen MR) is 121 cm³/mol. The second kappa shape index (κ2) is 10.4. The van der Waals surface area contributed by atoms with Gasteiger partial charge in [-0.1, -0.05) is 29.8 Å². The number of hydrogen-bond donors (Lipinski definition) is 2. The second-order valence-corrected chi connectivity index (χ2v) is 8.55. The molecule has 0 aromatic heterocycles. The number of rotatable bonds is 6. The van der Waals surface area contributed by atoms with Gasteiger partial charge in [-0.3, -0.25) is 14.4 Å². The molecule has 0 bridgehead atoms. The molecule has 1 unspecified atom stereocenters. The molecule has 7 heteroatoms. The highest BCUT2D eigenvalue weighted by molar-refractivity contribution is 6.30. The Morgan fingerprint density at radius 1 is 0.903 bits per heavy atom. The lowest BCUT2D eigenvalue weighted by atomic mass is 9.88. The van der Waals surface area contributed by atoms with Crippen LogP contribution in [0.3, 0.4) is 0 Å². The molecule has 2 aromatic carbocycles. The van der Waals surface area contributed by atoms with Gasteiger partial charge in [0.2, 0.25) is 5.91 Å². The number of halogens is 1. The van der Waals surface area contributed by atoms with Gasteiger partial charge in [-0.25, -0.2) is 0 Å². The first kappa shape index (κ1) is 22.8. The highest BCUT2D eigenvalue weighted by atomic mass is 35.5. The molecule has 3 rings (SSSR count). The van der Waals surface area contributed by atoms with Gasteiger partial charge in [-0.05, 0) is 69.0 Å². The quantitative estimate of drug-likeness (QED) is 0.719. The summed E-state index contributed by atoms with van der Waals surface area (Å²) < 4.78 is 0. The number of likely N-dealkylation sites (tertiary alicyclic amines) is 1. The molecule has 0 spiro atoms. The van der Waals surface area contributed by atoms with Gasteiger partial charge in [0.05, 0.1) is 0 Å². The summed E-state index contributed by atoms with van der Waals surface area (Å²) in [6.07, 6.45) is 1.26. The minimum absolute atomic E-state index is 0.0322. The van der Waals surface area contributed by atoms with Crippen LogP contribution in [0.15, 0.2) is 54.6 Å². The summed E-state index contributed by atoms with van der Waals surface area (Å²) in [6.45, 7) is 4.83. The normalized spacial score (nSPS) is 15.4. The number of nitrogens with one attached hydrogen (secondary N) is 2. The maximum Gasteiger partial charge on any atom is 0.253 e. The molecule has 3 amide bonds. The largest absolute Gasteiger partial charge is 0.352 e. The molecule has 1 aliphatic heterocycles. The van der Waals surface area contributed by atoms with E-state index < -0.39 is 6.04 Å². The first-order valence-corrected chi connectivity index (χ1v) is 10.9. The van der Waals surface area contributed by atoms with Gasteiger partial charge in [0.1, 0.15) is 6.04 Å². The SMILES string of the molecule is CC(C)NC(=O)C(NC(=O)c1ccccc1)C1CCN(C(=O)c2ccc(Cl)cc2)CC1. The van der Waals surface area contributed by atoms with E-state index in [2.05, 4.69) is 10.6 Å². The van der Waals surface area contributed by atoms with Crippen LogP contribution in [0.1, 0.15) is 47.4 Å². The van der Waals surface area contributed by atoms with Crippen molar-refractivity contribution in [2.24, 2.45) is 5.92 Å². The molecular weight excluding hydrogens is 414 g/mol. The Bertz CT molecular complexity index is 907. The average Bonchev–Trinajstić information content (AvgIpc) is 2.77. The van der Waals surface area contributed by atoms with Crippen LogP contribution in [0.25, 0.3) is 0 Å². The molecular formula is C24H28ClN3O3. The molecule has 1 saturated heterocycles. The molecule has 1 fully saturated rings. The lowest BCUT2D eigenvalue weighted by molar-refractivity contribution is -0.125. The number of amides is 3. The van der Waals surface area contributed by atoms with Gasteiger partial charge >= 0.3 is 0 Å². The van der Waals surface area contributed by atoms with E-state index in [0.29, 0.717) is 42.1 Å². The van der Waals surface area contributed by atoms with Crippen molar-refractivity contribution in [1.29, 1.82) is 0 Å². The minimum Gasteiger partial charge on any atom is -0.352 e. The molecule has 6 nitrogen and oxygen atoms in total. The summed E-state index contributed by atoms with van der Waals surface area (Å²) in [4.78, 5) is 40.1. The van der Waals surface area contributed by atoms with Crippen molar-refractivity contribution in [1.82, 2.24) is 15.5 Å². The van der Waals surface area contributed by atoms with Gasteiger partial charge in [0.15, 0.2) is 0 Å². The Kier molecular flexibility index (Phi) is 7.69. The zero-order chi connectivity index (χ0) is 22.4. The van der Waals surface area contributed by atoms with Gasteiger partial charge in [0, 0.05) is 35.3 Å². The van der Waals surface area contributed by atoms with Gasteiger partial charge in [-0.15, -0.1) is 0 Å². The van der Waals surface area contributed by atoms with Crippen LogP contribution in [-0.2, 0) is 4.79 Å². The van der Waals surface area contributed by atoms with Gasteiger partial charge in [0.25, 0.3) is 11.8 Å². The summed E-state index contributed by atoms with van der Waals surface area (Å²) in [5, 5.41) is 6.42. The van der Waals surface area contributed by atoms with Crippen molar-refractivity contribution in [3.05, 3.63) is 70.7 Å². The highest BCUT2D eigenvalue weighted by Gasteiger charge is 2.34. The van der Waals surface area contributed by atoms with Crippen molar-refractivity contribution in [3.8, 4) is 0 Å². The van der Waals surface area contributed by atoms with Crippen LogP contribution in [0.5, 0.6) is 0 Å². The molecule has 31 heavy (non-hydrogen) atoms. The third-order valence-electron chi connectivity index (χ3n) is 5.43. The van der Waals surface area contributed by atoms with E-state index in [1.165, 1.54) is 0 Å². The number of hydrogen-bond acceptors (Lipinski definition) is 3. The average molecular weight is 442 g/mol. The van der Waals surface area contributed by atoms with Crippen molar-refractivity contribution >= 4 is 29.3 Å². The second-order valence-electron chi connectivity index (χ2n) is 8.12. The van der Waals surface area contributed by atoms with Crippen LogP contribution in [0, 0.1) is 5.92 Å². The molecule has 1 aliphatic rings. The molecule has 2 aromatic rings. The van der Waals surface area contributed by atoms with Gasteiger partial charge in [-0.2, -0.15) is 0 Å². The van der Waals surface area contributed by atoms with E-state index in [1.807, 2.05) is 19.9 Å². The minimum atomic E-state index is -0.650. The van der Waals surface area contributed by atoms with Crippen LogP contribution >= 0.6 is 11.6 Å². The zero-order valence-electron chi connectivity index (χ0n) is 17.8. The number of benzene rings is 2. The van der Waals surface area contributed by atoms with Crippen molar-refractivity contribution in [2.75, 3.05) is 13.1 Å². The van der Waals surface area contributed by atoms with E-state index in [4.69, 9.17) is 11.6 Å². The molecule has 1 atom stereocenters. The van der Waals surface area contributed by atoms with E-state index >= 15 is 0 Å². The smallest absolute Gasteiger partial charge is 0.253 e. The Balaban J connectivity index is 1.67. The Morgan fingerprint density at radius 3 is 2.10 bits per heavy atom. The number of nitrogens with zero attached hydrogens (tertiary/aromatic N) is 1. The van der Waals surface area contributed by atoms with Crippen LogP contribution in [0.4, 0.5) is 0 Å². The van der Waals surface area contributed by atoms with E-state index in [0.717, 1.165) is 0 Å². The van der Waals surface area contributed by atoms with Crippen LogP contribution < -0.4 is 10.6 Å². The number of piperidine rings is 1. The van der Waals surface area contributed by atoms with Crippen molar-refractivity contribution < 1.29 is 14.4 Å². The standard InChI is InChI=1S/C24H28ClN3O3/c1-16(2)26-23(30)21(27-22(29)18-6-4-3-5-7-18)17-12-14-28(15-13-17)24(31)19-8-10-20(25)11-9-19/h3-11,16-17,21H,12-15H2,1-2H3,(H,26,30)(H,27,29). The maximum absolute atomic E-state index is 12.9. The maximum atomic E-state index is 12.9. The first-order valence-electron chi connectivity index (χ1n) is 10.6. The van der Waals surface area contributed by atoms with Crippen molar-refractivity contribution in [3.63, 3.8) is 0 Å². The van der Waals surface area contributed by atoms with Crippen molar-refractivity contribution in [2.45, 2.75) is 38.8 Å². The summed E-state index contributed by atoms with van der Waals surface area (Å²) >= 11 is 5.91. The fourth-order valence-electron chi connectivity index (χ4n) is 3.80. The number of carbonyl (C=O) groups is 3. The molecule has 164 valence electrons. The van der Waals surface area contributed by atoms with Gasteiger partial charge < -0.3 is 15.5 Å². The fraction of sp³-hybridized carbons (Fsp3) is 0.375.